The lowest BCUT2D eigenvalue weighted by atomic mass is 9.92. The first-order valence-corrected chi connectivity index (χ1v) is 7.53. The van der Waals surface area contributed by atoms with Gasteiger partial charge in [-0.1, -0.05) is 0 Å². The maximum Gasteiger partial charge on any atom is 0.410 e. The number of carbonyl (C=O) groups is 1. The highest BCUT2D eigenvalue weighted by atomic mass is 16.6. The van der Waals surface area contributed by atoms with Crippen LogP contribution in [0.1, 0.15) is 59.3 Å². The second-order valence-corrected chi connectivity index (χ2v) is 7.04. The van der Waals surface area contributed by atoms with Crippen molar-refractivity contribution in [2.75, 3.05) is 6.54 Å². The van der Waals surface area contributed by atoms with Crippen molar-refractivity contribution in [1.82, 2.24) is 4.90 Å². The minimum Gasteiger partial charge on any atom is -0.444 e. The number of hydrogen-bond acceptors (Lipinski definition) is 3. The molecular weight excluding hydrogens is 242 g/mol. The zero-order valence-corrected chi connectivity index (χ0v) is 12.4. The first-order valence-electron chi connectivity index (χ1n) is 7.53. The van der Waals surface area contributed by atoms with Crippen molar-refractivity contribution in [3.8, 4) is 0 Å². The second-order valence-electron chi connectivity index (χ2n) is 7.04. The van der Waals surface area contributed by atoms with Crippen LogP contribution in [0.5, 0.6) is 0 Å². The summed E-state index contributed by atoms with van der Waals surface area (Å²) in [5.41, 5.74) is -0.437. The fourth-order valence-electron chi connectivity index (χ4n) is 2.64. The van der Waals surface area contributed by atoms with Crippen LogP contribution in [0.2, 0.25) is 0 Å². The zero-order chi connectivity index (χ0) is 14.0. The minimum atomic E-state index is -0.437. The van der Waals surface area contributed by atoms with Gasteiger partial charge in [-0.05, 0) is 65.2 Å². The number of nitrogens with zero attached hydrogens (tertiary/aromatic N) is 1. The summed E-state index contributed by atoms with van der Waals surface area (Å²) in [5, 5.41) is 9.59. The summed E-state index contributed by atoms with van der Waals surface area (Å²) in [6.45, 7) is 6.55. The SMILES string of the molecule is CC(C)(C)OC(=O)N(CC1CC1)C1CCC(O)CC1. The highest BCUT2D eigenvalue weighted by Crippen LogP contribution is 2.33. The number of carbonyl (C=O) groups excluding carboxylic acids is 1. The molecule has 19 heavy (non-hydrogen) atoms. The summed E-state index contributed by atoms with van der Waals surface area (Å²) >= 11 is 0. The van der Waals surface area contributed by atoms with Crippen LogP contribution in [-0.4, -0.2) is 40.4 Å². The number of amides is 1. The van der Waals surface area contributed by atoms with Crippen LogP contribution in [0.25, 0.3) is 0 Å². The van der Waals surface area contributed by atoms with Crippen molar-refractivity contribution in [1.29, 1.82) is 0 Å². The molecule has 0 saturated heterocycles. The molecule has 1 N–H and O–H groups in total. The summed E-state index contributed by atoms with van der Waals surface area (Å²) in [6, 6.07) is 0.249. The molecule has 2 fully saturated rings. The van der Waals surface area contributed by atoms with Crippen LogP contribution in [0, 0.1) is 5.92 Å². The third kappa shape index (κ3) is 4.68. The fourth-order valence-corrected chi connectivity index (χ4v) is 2.64. The minimum absolute atomic E-state index is 0.180. The van der Waals surface area contributed by atoms with E-state index in [1.54, 1.807) is 0 Å². The molecule has 0 bridgehead atoms. The van der Waals surface area contributed by atoms with E-state index in [-0.39, 0.29) is 18.2 Å². The van der Waals surface area contributed by atoms with Gasteiger partial charge < -0.3 is 14.7 Å². The Balaban J connectivity index is 1.96. The maximum absolute atomic E-state index is 12.3. The van der Waals surface area contributed by atoms with Gasteiger partial charge in [0.05, 0.1) is 6.10 Å². The van der Waals surface area contributed by atoms with E-state index in [0.717, 1.165) is 32.2 Å². The fraction of sp³-hybridized carbons (Fsp3) is 0.933. The average molecular weight is 269 g/mol. The van der Waals surface area contributed by atoms with Gasteiger partial charge in [0.15, 0.2) is 0 Å². The van der Waals surface area contributed by atoms with Crippen molar-refractivity contribution in [2.24, 2.45) is 5.92 Å². The summed E-state index contributed by atoms with van der Waals surface area (Å²) in [7, 11) is 0. The molecule has 110 valence electrons. The Morgan fingerprint density at radius 3 is 2.21 bits per heavy atom. The van der Waals surface area contributed by atoms with Gasteiger partial charge >= 0.3 is 6.09 Å². The molecule has 0 spiro atoms. The normalized spacial score (nSPS) is 28.0. The highest BCUT2D eigenvalue weighted by Gasteiger charge is 2.35. The van der Waals surface area contributed by atoms with Crippen LogP contribution in [-0.2, 0) is 4.74 Å². The molecule has 2 saturated carbocycles. The largest absolute Gasteiger partial charge is 0.444 e. The Morgan fingerprint density at radius 2 is 1.74 bits per heavy atom. The van der Waals surface area contributed by atoms with E-state index in [2.05, 4.69) is 0 Å². The van der Waals surface area contributed by atoms with Crippen LogP contribution in [0.15, 0.2) is 0 Å². The van der Waals surface area contributed by atoms with Gasteiger partial charge in [0, 0.05) is 12.6 Å². The third-order valence-corrected chi connectivity index (χ3v) is 3.89. The van der Waals surface area contributed by atoms with Crippen molar-refractivity contribution in [3.63, 3.8) is 0 Å². The Labute approximate surface area is 116 Å². The second kappa shape index (κ2) is 5.70. The molecule has 0 aliphatic heterocycles. The Kier molecular flexibility index (Phi) is 4.39. The van der Waals surface area contributed by atoms with Gasteiger partial charge in [0.25, 0.3) is 0 Å². The van der Waals surface area contributed by atoms with Crippen molar-refractivity contribution in [3.05, 3.63) is 0 Å². The monoisotopic (exact) mass is 269 g/mol. The number of rotatable bonds is 3. The van der Waals surface area contributed by atoms with E-state index in [4.69, 9.17) is 4.74 Å². The van der Waals surface area contributed by atoms with Crippen LogP contribution >= 0.6 is 0 Å². The molecule has 0 unspecified atom stereocenters. The summed E-state index contributed by atoms with van der Waals surface area (Å²) < 4.78 is 5.53. The van der Waals surface area contributed by atoms with Gasteiger partial charge in [-0.2, -0.15) is 0 Å². The average Bonchev–Trinajstić information content (AvgIpc) is 3.08. The number of aliphatic hydroxyl groups is 1. The number of aliphatic hydroxyl groups excluding tert-OH is 1. The van der Waals surface area contributed by atoms with Crippen LogP contribution < -0.4 is 0 Å². The quantitative estimate of drug-likeness (QED) is 0.857. The van der Waals surface area contributed by atoms with Gasteiger partial charge in [-0.15, -0.1) is 0 Å². The lowest BCUT2D eigenvalue weighted by Gasteiger charge is -2.36. The smallest absolute Gasteiger partial charge is 0.410 e. The third-order valence-electron chi connectivity index (χ3n) is 3.89. The van der Waals surface area contributed by atoms with Gasteiger partial charge in [0.2, 0.25) is 0 Å². The predicted octanol–water partition coefficient (Wildman–Crippen LogP) is 2.94. The molecule has 0 aromatic carbocycles. The molecule has 0 aromatic rings. The van der Waals surface area contributed by atoms with E-state index >= 15 is 0 Å². The molecule has 2 aliphatic carbocycles. The Morgan fingerprint density at radius 1 is 1.16 bits per heavy atom. The first kappa shape index (κ1) is 14.6. The molecular formula is C15H27NO3. The molecule has 2 rings (SSSR count). The first-order chi connectivity index (χ1) is 8.85. The van der Waals surface area contributed by atoms with E-state index in [0.29, 0.717) is 5.92 Å². The topological polar surface area (TPSA) is 49.8 Å². The predicted molar refractivity (Wildman–Crippen MR) is 73.9 cm³/mol. The van der Waals surface area contributed by atoms with Gasteiger partial charge in [-0.25, -0.2) is 4.79 Å². The van der Waals surface area contributed by atoms with Gasteiger partial charge in [-0.3, -0.25) is 0 Å². The summed E-state index contributed by atoms with van der Waals surface area (Å²) in [4.78, 5) is 14.3. The molecule has 2 aliphatic rings. The van der Waals surface area contributed by atoms with E-state index in [1.165, 1.54) is 12.8 Å². The van der Waals surface area contributed by atoms with Crippen molar-refractivity contribution >= 4 is 6.09 Å². The molecule has 0 atom stereocenters. The molecule has 0 aromatic heterocycles. The molecule has 4 nitrogen and oxygen atoms in total. The van der Waals surface area contributed by atoms with Crippen molar-refractivity contribution in [2.45, 2.75) is 77.0 Å². The molecule has 0 heterocycles. The molecule has 0 radical (unpaired) electrons. The standard InChI is InChI=1S/C15H27NO3/c1-15(2,3)19-14(18)16(10-11-4-5-11)12-6-8-13(17)9-7-12/h11-13,17H,4-10H2,1-3H3. The molecule has 4 heteroatoms. The summed E-state index contributed by atoms with van der Waals surface area (Å²) in [5.74, 6) is 0.666. The lowest BCUT2D eigenvalue weighted by Crippen LogP contribution is -2.46. The van der Waals surface area contributed by atoms with Crippen LogP contribution in [0.3, 0.4) is 0 Å². The number of hydrogen-bond donors (Lipinski definition) is 1. The lowest BCUT2D eigenvalue weighted by molar-refractivity contribution is 0.00385. The van der Waals surface area contributed by atoms with Gasteiger partial charge in [0.1, 0.15) is 5.60 Å². The summed E-state index contributed by atoms with van der Waals surface area (Å²) in [6.07, 6.45) is 5.49. The van der Waals surface area contributed by atoms with E-state index in [9.17, 15) is 9.90 Å². The number of ether oxygens (including phenoxy) is 1. The zero-order valence-electron chi connectivity index (χ0n) is 12.4. The molecule has 1 amide bonds. The van der Waals surface area contributed by atoms with E-state index in [1.807, 2.05) is 25.7 Å². The Hall–Kier alpha value is -0.770. The van der Waals surface area contributed by atoms with E-state index < -0.39 is 5.60 Å². The van der Waals surface area contributed by atoms with Crippen LogP contribution in [0.4, 0.5) is 4.79 Å². The Bertz CT molecular complexity index is 312. The van der Waals surface area contributed by atoms with Crippen molar-refractivity contribution < 1.29 is 14.6 Å². The highest BCUT2D eigenvalue weighted by molar-refractivity contribution is 5.68. The maximum atomic E-state index is 12.3.